The minimum Gasteiger partial charge on any atom is -0.395 e. The number of para-hydroxylation sites is 1. The zero-order chi connectivity index (χ0) is 17.9. The van der Waals surface area contributed by atoms with Gasteiger partial charge in [-0.3, -0.25) is 9.69 Å². The lowest BCUT2D eigenvalue weighted by Crippen LogP contribution is -2.49. The molecule has 0 aliphatic carbocycles. The number of aromatic nitrogens is 1. The molecule has 1 amide bonds. The molecule has 0 spiro atoms. The molecule has 6 nitrogen and oxygen atoms in total. The largest absolute Gasteiger partial charge is 0.395 e. The Morgan fingerprint density at radius 2 is 1.81 bits per heavy atom. The average Bonchev–Trinajstić information content (AvgIpc) is 3.13. The van der Waals surface area contributed by atoms with Gasteiger partial charge in [-0.15, -0.1) is 0 Å². The number of fused-ring (bicyclic) bond motifs is 1. The van der Waals surface area contributed by atoms with E-state index in [0.717, 1.165) is 31.9 Å². The number of hydrogen-bond donors (Lipinski definition) is 1. The number of anilines is 2. The van der Waals surface area contributed by atoms with Crippen LogP contribution in [0.15, 0.2) is 42.5 Å². The van der Waals surface area contributed by atoms with Crippen molar-refractivity contribution >= 4 is 17.4 Å². The monoisotopic (exact) mass is 352 g/mol. The molecular formula is C20H24N4O2. The number of piperazine rings is 1. The highest BCUT2D eigenvalue weighted by atomic mass is 16.3. The number of aliphatic hydroxyl groups is 1. The van der Waals surface area contributed by atoms with Crippen LogP contribution in [0.2, 0.25) is 0 Å². The summed E-state index contributed by atoms with van der Waals surface area (Å²) in [5.41, 5.74) is 3.01. The summed E-state index contributed by atoms with van der Waals surface area (Å²) in [5, 5.41) is 9.04. The summed E-state index contributed by atoms with van der Waals surface area (Å²) < 4.78 is 0. The van der Waals surface area contributed by atoms with Gasteiger partial charge in [-0.25, -0.2) is 4.98 Å². The molecule has 1 N–H and O–H groups in total. The smallest absolute Gasteiger partial charge is 0.272 e. The fourth-order valence-electron chi connectivity index (χ4n) is 3.75. The van der Waals surface area contributed by atoms with E-state index in [1.54, 1.807) is 6.07 Å². The topological polar surface area (TPSA) is 59.9 Å². The third kappa shape index (κ3) is 3.30. The normalized spacial score (nSPS) is 17.4. The first-order valence-electron chi connectivity index (χ1n) is 9.21. The Morgan fingerprint density at radius 3 is 2.62 bits per heavy atom. The van der Waals surface area contributed by atoms with Crippen molar-refractivity contribution in [3.8, 4) is 0 Å². The number of nitrogens with zero attached hydrogens (tertiary/aromatic N) is 4. The summed E-state index contributed by atoms with van der Waals surface area (Å²) in [6.07, 6.45) is 1.00. The van der Waals surface area contributed by atoms with Crippen LogP contribution in [0.3, 0.4) is 0 Å². The third-order valence-electron chi connectivity index (χ3n) is 5.19. The highest BCUT2D eigenvalue weighted by Crippen LogP contribution is 2.33. The SMILES string of the molecule is O=C(c1cccc(N2CCc3ccccc32)n1)N1CCN(CCO)CC1. The first kappa shape index (κ1) is 17.0. The summed E-state index contributed by atoms with van der Waals surface area (Å²) in [4.78, 5) is 23.7. The highest BCUT2D eigenvalue weighted by molar-refractivity contribution is 5.93. The van der Waals surface area contributed by atoms with Gasteiger partial charge in [0, 0.05) is 45.0 Å². The zero-order valence-electron chi connectivity index (χ0n) is 14.8. The van der Waals surface area contributed by atoms with Gasteiger partial charge in [-0.05, 0) is 30.2 Å². The van der Waals surface area contributed by atoms with E-state index in [1.807, 2.05) is 23.1 Å². The third-order valence-corrected chi connectivity index (χ3v) is 5.19. The van der Waals surface area contributed by atoms with Crippen LogP contribution < -0.4 is 4.90 Å². The lowest BCUT2D eigenvalue weighted by Gasteiger charge is -2.34. The predicted molar refractivity (Wildman–Crippen MR) is 101 cm³/mol. The Balaban J connectivity index is 1.49. The lowest BCUT2D eigenvalue weighted by molar-refractivity contribution is 0.0609. The maximum atomic E-state index is 12.9. The van der Waals surface area contributed by atoms with Gasteiger partial charge < -0.3 is 14.9 Å². The zero-order valence-corrected chi connectivity index (χ0v) is 14.8. The Morgan fingerprint density at radius 1 is 1.00 bits per heavy atom. The second-order valence-electron chi connectivity index (χ2n) is 6.77. The number of pyridine rings is 1. The molecule has 0 radical (unpaired) electrons. The Kier molecular flexibility index (Phi) is 4.86. The van der Waals surface area contributed by atoms with Gasteiger partial charge >= 0.3 is 0 Å². The van der Waals surface area contributed by atoms with Gasteiger partial charge in [0.1, 0.15) is 11.5 Å². The van der Waals surface area contributed by atoms with Crippen molar-refractivity contribution in [3.05, 3.63) is 53.7 Å². The van der Waals surface area contributed by atoms with E-state index in [-0.39, 0.29) is 12.5 Å². The Labute approximate surface area is 153 Å². The Bertz CT molecular complexity index is 787. The van der Waals surface area contributed by atoms with Crippen LogP contribution >= 0.6 is 0 Å². The van der Waals surface area contributed by atoms with Crippen LogP contribution in [0.25, 0.3) is 0 Å². The maximum Gasteiger partial charge on any atom is 0.272 e. The molecule has 1 saturated heterocycles. The van der Waals surface area contributed by atoms with Crippen LogP contribution in [-0.2, 0) is 6.42 Å². The molecule has 26 heavy (non-hydrogen) atoms. The van der Waals surface area contributed by atoms with Crippen molar-refractivity contribution in [2.24, 2.45) is 0 Å². The van der Waals surface area contributed by atoms with Gasteiger partial charge in [0.15, 0.2) is 0 Å². The summed E-state index contributed by atoms with van der Waals surface area (Å²) in [6.45, 7) is 4.67. The fourth-order valence-corrected chi connectivity index (χ4v) is 3.75. The summed E-state index contributed by atoms with van der Waals surface area (Å²) in [5.74, 6) is 0.822. The molecule has 2 aliphatic rings. The van der Waals surface area contributed by atoms with Crippen molar-refractivity contribution in [1.82, 2.24) is 14.8 Å². The summed E-state index contributed by atoms with van der Waals surface area (Å²) >= 11 is 0. The predicted octanol–water partition coefficient (Wildman–Crippen LogP) is 1.53. The van der Waals surface area contributed by atoms with Crippen molar-refractivity contribution in [2.75, 3.05) is 50.8 Å². The van der Waals surface area contributed by atoms with E-state index in [1.165, 1.54) is 11.3 Å². The molecule has 6 heteroatoms. The van der Waals surface area contributed by atoms with Crippen LogP contribution in [0.4, 0.5) is 11.5 Å². The second kappa shape index (κ2) is 7.43. The van der Waals surface area contributed by atoms with Crippen LogP contribution in [0, 0.1) is 0 Å². The molecule has 1 aromatic carbocycles. The van der Waals surface area contributed by atoms with Crippen LogP contribution in [-0.4, -0.2) is 71.7 Å². The number of carbonyl (C=O) groups is 1. The molecule has 136 valence electrons. The van der Waals surface area contributed by atoms with E-state index in [4.69, 9.17) is 5.11 Å². The lowest BCUT2D eigenvalue weighted by atomic mass is 10.2. The van der Waals surface area contributed by atoms with Crippen LogP contribution in [0.1, 0.15) is 16.1 Å². The van der Waals surface area contributed by atoms with Crippen molar-refractivity contribution in [1.29, 1.82) is 0 Å². The molecule has 0 unspecified atom stereocenters. The number of aliphatic hydroxyl groups excluding tert-OH is 1. The highest BCUT2D eigenvalue weighted by Gasteiger charge is 2.25. The number of rotatable bonds is 4. The van der Waals surface area contributed by atoms with E-state index >= 15 is 0 Å². The number of β-amino-alcohol motifs (C(OH)–C–C–N with tert-alkyl or cyclic N) is 1. The van der Waals surface area contributed by atoms with Crippen molar-refractivity contribution in [2.45, 2.75) is 6.42 Å². The first-order valence-corrected chi connectivity index (χ1v) is 9.21. The van der Waals surface area contributed by atoms with E-state index in [0.29, 0.717) is 25.3 Å². The molecule has 0 bridgehead atoms. The number of carbonyl (C=O) groups excluding carboxylic acids is 1. The number of hydrogen-bond acceptors (Lipinski definition) is 5. The molecule has 2 aliphatic heterocycles. The van der Waals surface area contributed by atoms with Gasteiger partial charge in [-0.2, -0.15) is 0 Å². The molecule has 3 heterocycles. The fraction of sp³-hybridized carbons (Fsp3) is 0.400. The van der Waals surface area contributed by atoms with E-state index in [9.17, 15) is 4.79 Å². The standard InChI is InChI=1S/C20H24N4O2/c25-15-14-22-10-12-23(13-11-22)20(26)17-5-3-7-19(21-17)24-9-8-16-4-1-2-6-18(16)24/h1-7,25H,8-15H2. The molecular weight excluding hydrogens is 328 g/mol. The van der Waals surface area contributed by atoms with Crippen LogP contribution in [0.5, 0.6) is 0 Å². The quantitative estimate of drug-likeness (QED) is 0.904. The molecule has 2 aromatic rings. The van der Waals surface area contributed by atoms with Gasteiger partial charge in [0.25, 0.3) is 5.91 Å². The van der Waals surface area contributed by atoms with Gasteiger partial charge in [0.2, 0.25) is 0 Å². The molecule has 1 fully saturated rings. The minimum absolute atomic E-state index is 0.0111. The van der Waals surface area contributed by atoms with Crippen molar-refractivity contribution < 1.29 is 9.90 Å². The molecule has 0 saturated carbocycles. The minimum atomic E-state index is -0.0111. The van der Waals surface area contributed by atoms with E-state index < -0.39 is 0 Å². The summed E-state index contributed by atoms with van der Waals surface area (Å²) in [7, 11) is 0. The average molecular weight is 352 g/mol. The second-order valence-corrected chi connectivity index (χ2v) is 6.77. The van der Waals surface area contributed by atoms with E-state index in [2.05, 4.69) is 33.0 Å². The number of benzene rings is 1. The van der Waals surface area contributed by atoms with Gasteiger partial charge in [0.05, 0.1) is 6.61 Å². The maximum absolute atomic E-state index is 12.9. The molecule has 1 aromatic heterocycles. The number of amides is 1. The summed E-state index contributed by atoms with van der Waals surface area (Å²) in [6, 6.07) is 14.0. The van der Waals surface area contributed by atoms with Crippen molar-refractivity contribution in [3.63, 3.8) is 0 Å². The molecule has 4 rings (SSSR count). The first-order chi connectivity index (χ1) is 12.8. The Hall–Kier alpha value is -2.44. The van der Waals surface area contributed by atoms with Gasteiger partial charge in [-0.1, -0.05) is 24.3 Å². The molecule has 0 atom stereocenters.